The van der Waals surface area contributed by atoms with E-state index in [-0.39, 0.29) is 0 Å². The first-order valence-electron chi connectivity index (χ1n) is 6.55. The second-order valence-corrected chi connectivity index (χ2v) is 5.44. The molecule has 2 aliphatic heterocycles. The minimum atomic E-state index is -0.889. The molecule has 3 rings (SSSR count). The fourth-order valence-electron chi connectivity index (χ4n) is 3.42. The van der Waals surface area contributed by atoms with Crippen LogP contribution in [0.1, 0.15) is 43.4 Å². The van der Waals surface area contributed by atoms with E-state index >= 15 is 0 Å². The summed E-state index contributed by atoms with van der Waals surface area (Å²) in [5.74, 6) is 0. The van der Waals surface area contributed by atoms with Gasteiger partial charge in [-0.2, -0.15) is 5.26 Å². The molecular formula is C14H17N3O. The summed E-state index contributed by atoms with van der Waals surface area (Å²) in [6, 6.07) is 6.47. The lowest BCUT2D eigenvalue weighted by atomic mass is 9.73. The van der Waals surface area contributed by atoms with Crippen molar-refractivity contribution in [2.24, 2.45) is 0 Å². The van der Waals surface area contributed by atoms with E-state index in [2.05, 4.69) is 16.4 Å². The lowest BCUT2D eigenvalue weighted by Gasteiger charge is -2.45. The zero-order valence-corrected chi connectivity index (χ0v) is 10.3. The number of pyridine rings is 1. The van der Waals surface area contributed by atoms with E-state index in [0.29, 0.717) is 36.2 Å². The highest BCUT2D eigenvalue weighted by atomic mass is 16.3. The van der Waals surface area contributed by atoms with Gasteiger partial charge in [0.15, 0.2) is 0 Å². The summed E-state index contributed by atoms with van der Waals surface area (Å²) >= 11 is 0. The summed E-state index contributed by atoms with van der Waals surface area (Å²) in [4.78, 5) is 4.07. The average Bonchev–Trinajstić information content (AvgIpc) is 2.38. The Morgan fingerprint density at radius 1 is 1.39 bits per heavy atom. The van der Waals surface area contributed by atoms with Crippen LogP contribution in [0.4, 0.5) is 0 Å². The number of nitrogens with zero attached hydrogens (tertiary/aromatic N) is 2. The summed E-state index contributed by atoms with van der Waals surface area (Å²) in [6.07, 6.45) is 6.43. The van der Waals surface area contributed by atoms with E-state index in [1.807, 2.05) is 6.07 Å². The van der Waals surface area contributed by atoms with Crippen molar-refractivity contribution < 1.29 is 5.11 Å². The van der Waals surface area contributed by atoms with E-state index < -0.39 is 5.60 Å². The van der Waals surface area contributed by atoms with Gasteiger partial charge in [-0.1, -0.05) is 12.5 Å². The van der Waals surface area contributed by atoms with Crippen molar-refractivity contribution in [1.29, 1.82) is 5.26 Å². The van der Waals surface area contributed by atoms with Gasteiger partial charge in [0.25, 0.3) is 0 Å². The Bertz CT molecular complexity index is 482. The number of hydrogen-bond donors (Lipinski definition) is 2. The molecule has 0 spiro atoms. The monoisotopic (exact) mass is 243 g/mol. The molecule has 2 fully saturated rings. The van der Waals surface area contributed by atoms with Crippen LogP contribution in [-0.2, 0) is 5.60 Å². The predicted molar refractivity (Wildman–Crippen MR) is 66.6 cm³/mol. The van der Waals surface area contributed by atoms with Crippen LogP contribution in [0.15, 0.2) is 18.3 Å². The number of nitrogens with one attached hydrogen (secondary N) is 1. The number of aliphatic hydroxyl groups is 1. The molecule has 2 N–H and O–H groups in total. The number of nitriles is 1. The van der Waals surface area contributed by atoms with Gasteiger partial charge in [-0.3, -0.25) is 0 Å². The summed E-state index contributed by atoms with van der Waals surface area (Å²) in [6.45, 7) is 0. The fraction of sp³-hybridized carbons (Fsp3) is 0.571. The molecule has 1 aromatic heterocycles. The Morgan fingerprint density at radius 3 is 2.78 bits per heavy atom. The van der Waals surface area contributed by atoms with E-state index in [9.17, 15) is 5.11 Å². The molecule has 3 heterocycles. The van der Waals surface area contributed by atoms with Gasteiger partial charge in [-0.15, -0.1) is 0 Å². The molecule has 4 nitrogen and oxygen atoms in total. The van der Waals surface area contributed by atoms with Crippen molar-refractivity contribution >= 4 is 0 Å². The Kier molecular flexibility index (Phi) is 2.81. The van der Waals surface area contributed by atoms with Crippen LogP contribution < -0.4 is 5.32 Å². The molecule has 4 heteroatoms. The molecule has 0 aliphatic carbocycles. The highest BCUT2D eigenvalue weighted by molar-refractivity contribution is 5.36. The van der Waals surface area contributed by atoms with Crippen LogP contribution in [0.2, 0.25) is 0 Å². The van der Waals surface area contributed by atoms with Crippen LogP contribution in [0.5, 0.6) is 0 Å². The normalized spacial score (nSPS) is 34.9. The van der Waals surface area contributed by atoms with Crippen LogP contribution >= 0.6 is 0 Å². The highest BCUT2D eigenvalue weighted by Crippen LogP contribution is 2.40. The average molecular weight is 243 g/mol. The van der Waals surface area contributed by atoms with Gasteiger partial charge in [-0.25, -0.2) is 4.98 Å². The van der Waals surface area contributed by atoms with Gasteiger partial charge >= 0.3 is 0 Å². The molecule has 2 bridgehead atoms. The van der Waals surface area contributed by atoms with Crippen molar-refractivity contribution in [3.8, 4) is 6.07 Å². The first-order chi connectivity index (χ1) is 8.71. The summed E-state index contributed by atoms with van der Waals surface area (Å²) in [5.41, 5.74) is 0.172. The third-order valence-electron chi connectivity index (χ3n) is 4.16. The standard InChI is InChI=1S/C14H17N3O/c15-9-13-12(5-2-6-16-13)14(18)7-10-3-1-4-11(8-14)17-10/h2,5-6,10-11,17-18H,1,3-4,7-8H2. The van der Waals surface area contributed by atoms with Crippen LogP contribution in [0.3, 0.4) is 0 Å². The van der Waals surface area contributed by atoms with E-state index in [1.165, 1.54) is 6.42 Å². The topological polar surface area (TPSA) is 68.9 Å². The van der Waals surface area contributed by atoms with Gasteiger partial charge in [0, 0.05) is 23.8 Å². The number of rotatable bonds is 1. The van der Waals surface area contributed by atoms with Gasteiger partial charge in [0.1, 0.15) is 11.8 Å². The van der Waals surface area contributed by atoms with Crippen molar-refractivity contribution in [2.75, 3.05) is 0 Å². The molecule has 2 aliphatic rings. The number of hydrogen-bond acceptors (Lipinski definition) is 4. The van der Waals surface area contributed by atoms with E-state index in [4.69, 9.17) is 5.26 Å². The largest absolute Gasteiger partial charge is 0.385 e. The van der Waals surface area contributed by atoms with Gasteiger partial charge < -0.3 is 10.4 Å². The maximum atomic E-state index is 10.9. The maximum absolute atomic E-state index is 10.9. The summed E-state index contributed by atoms with van der Waals surface area (Å²) < 4.78 is 0. The molecule has 94 valence electrons. The second kappa shape index (κ2) is 4.34. The third kappa shape index (κ3) is 1.90. The van der Waals surface area contributed by atoms with Crippen molar-refractivity contribution in [2.45, 2.75) is 49.8 Å². The van der Waals surface area contributed by atoms with Crippen molar-refractivity contribution in [3.05, 3.63) is 29.6 Å². The van der Waals surface area contributed by atoms with E-state index in [0.717, 1.165) is 12.8 Å². The Hall–Kier alpha value is -1.44. The van der Waals surface area contributed by atoms with Crippen molar-refractivity contribution in [3.63, 3.8) is 0 Å². The first-order valence-corrected chi connectivity index (χ1v) is 6.55. The molecule has 0 saturated carbocycles. The molecular weight excluding hydrogens is 226 g/mol. The van der Waals surface area contributed by atoms with E-state index in [1.54, 1.807) is 12.3 Å². The summed E-state index contributed by atoms with van der Waals surface area (Å²) in [5, 5.41) is 23.6. The van der Waals surface area contributed by atoms with Gasteiger partial charge in [0.2, 0.25) is 0 Å². The highest BCUT2D eigenvalue weighted by Gasteiger charge is 2.43. The minimum Gasteiger partial charge on any atom is -0.385 e. The summed E-state index contributed by atoms with van der Waals surface area (Å²) in [7, 11) is 0. The molecule has 2 atom stereocenters. The zero-order chi connectivity index (χ0) is 12.6. The number of fused-ring (bicyclic) bond motifs is 2. The van der Waals surface area contributed by atoms with Crippen LogP contribution in [0.25, 0.3) is 0 Å². The minimum absolute atomic E-state index is 0.361. The van der Waals surface area contributed by atoms with Crippen LogP contribution in [0, 0.1) is 11.3 Å². The molecule has 18 heavy (non-hydrogen) atoms. The molecule has 0 aromatic carbocycles. The maximum Gasteiger partial charge on any atom is 0.146 e. The first kappa shape index (κ1) is 11.6. The predicted octanol–water partition coefficient (Wildman–Crippen LogP) is 1.45. The Morgan fingerprint density at radius 2 is 2.11 bits per heavy atom. The Labute approximate surface area is 107 Å². The molecule has 1 aromatic rings. The lowest BCUT2D eigenvalue weighted by Crippen LogP contribution is -2.54. The number of aromatic nitrogens is 1. The third-order valence-corrected chi connectivity index (χ3v) is 4.16. The SMILES string of the molecule is N#Cc1ncccc1C1(O)CC2CCCC(C1)N2. The molecule has 0 amide bonds. The zero-order valence-electron chi connectivity index (χ0n) is 10.3. The Balaban J connectivity index is 1.97. The van der Waals surface area contributed by atoms with Crippen LogP contribution in [-0.4, -0.2) is 22.2 Å². The molecule has 2 saturated heterocycles. The van der Waals surface area contributed by atoms with Gasteiger partial charge in [-0.05, 0) is 31.7 Å². The lowest BCUT2D eigenvalue weighted by molar-refractivity contribution is -0.0363. The molecule has 2 unspecified atom stereocenters. The second-order valence-electron chi connectivity index (χ2n) is 5.44. The molecule has 0 radical (unpaired) electrons. The van der Waals surface area contributed by atoms with Crippen molar-refractivity contribution in [1.82, 2.24) is 10.3 Å². The van der Waals surface area contributed by atoms with Gasteiger partial charge in [0.05, 0.1) is 5.60 Å². The quantitative estimate of drug-likeness (QED) is 0.783. The smallest absolute Gasteiger partial charge is 0.146 e. The fourth-order valence-corrected chi connectivity index (χ4v) is 3.42. The number of piperidine rings is 2.